The summed E-state index contributed by atoms with van der Waals surface area (Å²) in [5.74, 6) is 0.463. The lowest BCUT2D eigenvalue weighted by atomic mass is 10.6. The zero-order valence-electron chi connectivity index (χ0n) is 10.3. The molecule has 0 radical (unpaired) electrons. The second kappa shape index (κ2) is 8.91. The van der Waals surface area contributed by atoms with Crippen molar-refractivity contribution in [3.05, 3.63) is 0 Å². The Balaban J connectivity index is 4.94. The van der Waals surface area contributed by atoms with E-state index in [2.05, 4.69) is 10.3 Å². The molecule has 0 bridgehead atoms. The van der Waals surface area contributed by atoms with Gasteiger partial charge in [0.2, 0.25) is 7.59 Å². The Labute approximate surface area is 151 Å². The first kappa shape index (κ1) is 21.4. The average Bonchev–Trinajstić information content (AvgIpc) is 2.22. The second-order valence-electron chi connectivity index (χ2n) is 3.79. The van der Waals surface area contributed by atoms with Crippen molar-refractivity contribution in [2.45, 2.75) is 20.0 Å². The minimum absolute atomic E-state index is 0.0522. The molecule has 5 nitrogen and oxygen atoms in total. The molecule has 0 spiro atoms. The van der Waals surface area contributed by atoms with Crippen molar-refractivity contribution >= 4 is 86.5 Å². The van der Waals surface area contributed by atoms with Gasteiger partial charge in [-0.25, -0.2) is 4.99 Å². The number of aliphatic hydroxyl groups excluding tert-OH is 2. The molecule has 20 heavy (non-hydrogen) atoms. The van der Waals surface area contributed by atoms with Gasteiger partial charge < -0.3 is 15.5 Å². The van der Waals surface area contributed by atoms with Crippen LogP contribution in [0.3, 0.4) is 0 Å². The van der Waals surface area contributed by atoms with Gasteiger partial charge in [-0.1, -0.05) is 81.4 Å². The van der Waals surface area contributed by atoms with E-state index in [9.17, 15) is 10.2 Å². The number of hydrogen-bond acceptors (Lipinski definition) is 5. The van der Waals surface area contributed by atoms with E-state index in [1.54, 1.807) is 14.1 Å². The fourth-order valence-corrected chi connectivity index (χ4v) is 1.75. The Morgan fingerprint density at radius 3 is 2.00 bits per heavy atom. The summed E-state index contributed by atoms with van der Waals surface area (Å²) < 4.78 is -4.00. The summed E-state index contributed by atoms with van der Waals surface area (Å²) in [7, 11) is 3.61. The lowest BCUT2D eigenvalue weighted by Crippen LogP contribution is -2.43. The predicted molar refractivity (Wildman–Crippen MR) is 89.3 cm³/mol. The molecule has 0 fully saturated rings. The van der Waals surface area contributed by atoms with Gasteiger partial charge in [0.05, 0.1) is 5.88 Å². The summed E-state index contributed by atoms with van der Waals surface area (Å²) in [5.41, 5.74) is 0. The molecule has 0 aromatic rings. The molecule has 0 aromatic heterocycles. The number of thioether (sulfide) groups is 1. The highest BCUT2D eigenvalue weighted by Crippen LogP contribution is 2.32. The van der Waals surface area contributed by atoms with Crippen LogP contribution < -0.4 is 5.32 Å². The topological polar surface area (TPSA) is 68.1 Å². The Morgan fingerprint density at radius 1 is 1.15 bits per heavy atom. The molecule has 0 aliphatic carbocycles. The molecule has 0 saturated carbocycles. The molecule has 0 heterocycles. The molecule has 3 N–H and O–H groups in total. The summed E-state index contributed by atoms with van der Waals surface area (Å²) in [6, 6.07) is 0. The highest BCUT2D eigenvalue weighted by molar-refractivity contribution is 8.13. The van der Waals surface area contributed by atoms with Crippen LogP contribution in [-0.2, 0) is 0 Å². The van der Waals surface area contributed by atoms with Gasteiger partial charge in [0.1, 0.15) is 0 Å². The maximum absolute atomic E-state index is 9.64. The maximum Gasteiger partial charge on any atom is 0.236 e. The summed E-state index contributed by atoms with van der Waals surface area (Å²) in [5, 5.41) is 21.7. The first-order valence-corrected chi connectivity index (χ1v) is 8.20. The summed E-state index contributed by atoms with van der Waals surface area (Å²) in [6.45, 7) is 0. The molecule has 12 heteroatoms. The van der Waals surface area contributed by atoms with Crippen LogP contribution in [0.5, 0.6) is 0 Å². The Hall–Kier alpha value is 1.44. The van der Waals surface area contributed by atoms with Gasteiger partial charge in [-0.3, -0.25) is 4.90 Å². The van der Waals surface area contributed by atoms with Gasteiger partial charge in [-0.15, -0.1) is 0 Å². The molecule has 2 unspecified atom stereocenters. The van der Waals surface area contributed by atoms with Crippen LogP contribution in [0.1, 0.15) is 0 Å². The third kappa shape index (κ3) is 9.46. The average molecular weight is 428 g/mol. The van der Waals surface area contributed by atoms with Crippen molar-refractivity contribution in [1.82, 2.24) is 10.2 Å². The van der Waals surface area contributed by atoms with Gasteiger partial charge in [-0.05, 0) is 14.1 Å². The van der Waals surface area contributed by atoms with E-state index < -0.39 is 20.0 Å². The Morgan fingerprint density at radius 2 is 1.65 bits per heavy atom. The molecule has 2 atom stereocenters. The van der Waals surface area contributed by atoms with E-state index in [4.69, 9.17) is 69.6 Å². The number of amidine groups is 1. The number of hydrogen-bond donors (Lipinski definition) is 3. The van der Waals surface area contributed by atoms with Crippen molar-refractivity contribution < 1.29 is 10.2 Å². The van der Waals surface area contributed by atoms with Gasteiger partial charge in [-0.2, -0.15) is 0 Å². The van der Waals surface area contributed by atoms with E-state index in [1.165, 1.54) is 0 Å². The van der Waals surface area contributed by atoms with Gasteiger partial charge in [0, 0.05) is 0 Å². The molecular weight excluding hydrogens is 415 g/mol. The van der Waals surface area contributed by atoms with Crippen LogP contribution in [0, 0.1) is 0 Å². The number of aliphatic hydroxyl groups is 2. The zero-order chi connectivity index (χ0) is 16.1. The van der Waals surface area contributed by atoms with Crippen molar-refractivity contribution in [2.24, 2.45) is 4.99 Å². The van der Waals surface area contributed by atoms with Crippen LogP contribution in [0.25, 0.3) is 0 Å². The lowest BCUT2D eigenvalue weighted by molar-refractivity contribution is 0.162. The number of rotatable bonds is 4. The second-order valence-corrected chi connectivity index (χ2v) is 9.46. The smallest absolute Gasteiger partial charge is 0.236 e. The third-order valence-electron chi connectivity index (χ3n) is 1.56. The molecule has 0 aromatic carbocycles. The van der Waals surface area contributed by atoms with Crippen molar-refractivity contribution in [3.63, 3.8) is 0 Å². The van der Waals surface area contributed by atoms with E-state index in [0.29, 0.717) is 5.88 Å². The van der Waals surface area contributed by atoms with Crippen LogP contribution in [0.2, 0.25) is 0 Å². The Bertz CT molecular complexity index is 333. The van der Waals surface area contributed by atoms with Gasteiger partial charge in [0.25, 0.3) is 0 Å². The monoisotopic (exact) mass is 425 g/mol. The lowest BCUT2D eigenvalue weighted by Gasteiger charge is -2.24. The number of halogens is 6. The molecular formula is C8H13Cl6N3O2S. The Kier molecular flexibility index (Phi) is 9.55. The third-order valence-corrected chi connectivity index (χ3v) is 3.91. The van der Waals surface area contributed by atoms with Gasteiger partial charge >= 0.3 is 0 Å². The minimum atomic E-state index is -2.02. The first-order chi connectivity index (χ1) is 8.84. The SMILES string of the molecule is CN(C)CSC(=NC(O)C(Cl)(Cl)Cl)NC(O)C(Cl)(Cl)Cl. The fourth-order valence-electron chi connectivity index (χ4n) is 0.689. The van der Waals surface area contributed by atoms with Crippen molar-refractivity contribution in [1.29, 1.82) is 0 Å². The maximum atomic E-state index is 9.64. The number of aliphatic imine (C=N–C) groups is 1. The molecule has 0 aliphatic heterocycles. The van der Waals surface area contributed by atoms with E-state index in [0.717, 1.165) is 11.8 Å². The largest absolute Gasteiger partial charge is 0.369 e. The molecule has 0 aliphatic rings. The molecule has 0 rings (SSSR count). The van der Waals surface area contributed by atoms with Gasteiger partial charge in [0.15, 0.2) is 17.6 Å². The highest BCUT2D eigenvalue weighted by atomic mass is 35.6. The molecule has 0 amide bonds. The van der Waals surface area contributed by atoms with E-state index >= 15 is 0 Å². The summed E-state index contributed by atoms with van der Waals surface area (Å²) >= 11 is 34.2. The highest BCUT2D eigenvalue weighted by Gasteiger charge is 2.34. The minimum Gasteiger partial charge on any atom is -0.369 e. The summed E-state index contributed by atoms with van der Waals surface area (Å²) in [6.07, 6.45) is -3.20. The standard InChI is InChI=1S/C8H13Cl6N3O2S/c1-17(2)3-20-6(15-4(18)7(9,10)11)16-5(19)8(12,13)14/h4-5,18-19H,3H2,1-2H3,(H,15,16). The summed E-state index contributed by atoms with van der Waals surface area (Å²) in [4.78, 5) is 5.55. The predicted octanol–water partition coefficient (Wildman–Crippen LogP) is 2.56. The fraction of sp³-hybridized carbons (Fsp3) is 0.875. The zero-order valence-corrected chi connectivity index (χ0v) is 15.7. The van der Waals surface area contributed by atoms with Crippen molar-refractivity contribution in [3.8, 4) is 0 Å². The van der Waals surface area contributed by atoms with Crippen LogP contribution in [-0.4, -0.2) is 60.3 Å². The van der Waals surface area contributed by atoms with E-state index in [-0.39, 0.29) is 5.17 Å². The number of nitrogens with zero attached hydrogens (tertiary/aromatic N) is 2. The van der Waals surface area contributed by atoms with Crippen molar-refractivity contribution in [2.75, 3.05) is 20.0 Å². The van der Waals surface area contributed by atoms with Crippen LogP contribution >= 0.6 is 81.4 Å². The van der Waals surface area contributed by atoms with Crippen LogP contribution in [0.4, 0.5) is 0 Å². The number of alkyl halides is 6. The van der Waals surface area contributed by atoms with E-state index in [1.807, 2.05) is 4.90 Å². The first-order valence-electron chi connectivity index (χ1n) is 4.95. The normalized spacial score (nSPS) is 17.2. The molecule has 120 valence electrons. The quantitative estimate of drug-likeness (QED) is 0.278. The number of nitrogens with one attached hydrogen (secondary N) is 1. The molecule has 0 saturated heterocycles. The van der Waals surface area contributed by atoms with Crippen LogP contribution in [0.15, 0.2) is 4.99 Å².